The number of Topliss-reactive ketones (excluding diaryl/α,β-unsaturated/α-hetero) is 1. The fraction of sp³-hybridized carbons (Fsp3) is 0.571. The number of hydrogen-bond acceptors (Lipinski definition) is 2. The molecule has 0 aromatic heterocycles. The summed E-state index contributed by atoms with van der Waals surface area (Å²) in [5.41, 5.74) is 0. The average molecular weight is 248 g/mol. The third-order valence-corrected chi connectivity index (χ3v) is 1.93. The number of ketones is 1. The predicted octanol–water partition coefficient (Wildman–Crippen LogP) is 1.09. The number of carbonyl (C=O) groups is 1. The molecule has 0 bridgehead atoms. The molecule has 0 spiro atoms. The van der Waals surface area contributed by atoms with E-state index in [0.717, 1.165) is 0 Å². The van der Waals surface area contributed by atoms with Gasteiger partial charge >= 0.3 is 0 Å². The van der Waals surface area contributed by atoms with E-state index in [1.807, 2.05) is 4.67 Å². The van der Waals surface area contributed by atoms with Crippen molar-refractivity contribution in [1.82, 2.24) is 4.67 Å². The van der Waals surface area contributed by atoms with Crippen molar-refractivity contribution in [3.05, 3.63) is 13.8 Å². The van der Waals surface area contributed by atoms with E-state index in [2.05, 4.69) is 23.2 Å². The molecule has 2 nitrogen and oxygen atoms in total. The minimum absolute atomic E-state index is 0. The zero-order valence-corrected chi connectivity index (χ0v) is 10.9. The minimum Gasteiger partial charge on any atom is -0.344 e. The van der Waals surface area contributed by atoms with Crippen molar-refractivity contribution in [2.24, 2.45) is 0 Å². The van der Waals surface area contributed by atoms with E-state index in [-0.39, 0.29) is 44.5 Å². The van der Waals surface area contributed by atoms with Gasteiger partial charge in [0.05, 0.1) is 0 Å². The fourth-order valence-corrected chi connectivity index (χ4v) is 0.737. The topological polar surface area (TPSA) is 20.3 Å². The van der Waals surface area contributed by atoms with Crippen LogP contribution in [-0.4, -0.2) is 23.0 Å². The van der Waals surface area contributed by atoms with Crippen molar-refractivity contribution >= 4 is 15.2 Å². The van der Waals surface area contributed by atoms with Crippen LogP contribution in [0.25, 0.3) is 0 Å². The van der Waals surface area contributed by atoms with Crippen LogP contribution in [-0.2, 0) is 37.5 Å². The molecule has 0 aromatic rings. The van der Waals surface area contributed by atoms with Gasteiger partial charge in [0, 0.05) is 32.7 Å². The van der Waals surface area contributed by atoms with E-state index in [4.69, 9.17) is 0 Å². The molecule has 0 aliphatic heterocycles. The summed E-state index contributed by atoms with van der Waals surface area (Å²) in [6, 6.07) is 0.0417. The Balaban J connectivity index is 0. The van der Waals surface area contributed by atoms with E-state index >= 15 is 0 Å². The maximum absolute atomic E-state index is 10.6. The molecule has 0 rings (SSSR count). The molecule has 0 saturated heterocycles. The summed E-state index contributed by atoms with van der Waals surface area (Å²) in [5, 5.41) is 0. The average Bonchev–Trinajstić information content (AvgIpc) is 1.85. The molecule has 11 heavy (non-hydrogen) atoms. The first-order valence-electron chi connectivity index (χ1n) is 3.21. The van der Waals surface area contributed by atoms with E-state index < -0.39 is 0 Å². The van der Waals surface area contributed by atoms with Gasteiger partial charge in [0.25, 0.3) is 0 Å². The molecular weight excluding hydrogens is 234 g/mol. The van der Waals surface area contributed by atoms with E-state index in [1.165, 1.54) is 0 Å². The maximum Gasteiger partial charge on any atom is 0.128 e. The van der Waals surface area contributed by atoms with Gasteiger partial charge in [-0.25, -0.2) is 0 Å². The largest absolute Gasteiger partial charge is 0.344 e. The van der Waals surface area contributed by atoms with Gasteiger partial charge < -0.3 is 23.3 Å². The summed E-state index contributed by atoms with van der Waals surface area (Å²) < 4.78 is 1.86. The van der Waals surface area contributed by atoms with Crippen LogP contribution < -0.4 is 0 Å². The van der Waals surface area contributed by atoms with Crippen LogP contribution in [0, 0.1) is 13.8 Å². The number of rotatable bonds is 4. The Bertz CT molecular complexity index is 121. The first-order valence-corrected chi connectivity index (χ1v) is 3.72. The summed E-state index contributed by atoms with van der Waals surface area (Å²) >= 11 is 0. The molecule has 0 amide bonds. The van der Waals surface area contributed by atoms with Crippen molar-refractivity contribution in [2.45, 2.75) is 19.4 Å². The summed E-state index contributed by atoms with van der Waals surface area (Å²) in [5.74, 6) is 0.168. The molecule has 0 aromatic carbocycles. The van der Waals surface area contributed by atoms with Gasteiger partial charge in [0.15, 0.2) is 0 Å². The second-order valence-corrected chi connectivity index (χ2v) is 2.96. The first kappa shape index (κ1) is 14.7. The molecule has 1 radical (unpaired) electrons. The fourth-order valence-electron chi connectivity index (χ4n) is 0.632. The minimum atomic E-state index is 0. The zero-order chi connectivity index (χ0) is 8.15. The van der Waals surface area contributed by atoms with Crippen LogP contribution in [0.3, 0.4) is 0 Å². The summed E-state index contributed by atoms with van der Waals surface area (Å²) in [4.78, 5) is 10.6. The van der Waals surface area contributed by atoms with Crippen LogP contribution in [0.15, 0.2) is 0 Å². The van der Waals surface area contributed by atoms with E-state index in [9.17, 15) is 4.79 Å². The third-order valence-electron chi connectivity index (χ3n) is 1.25. The van der Waals surface area contributed by atoms with Gasteiger partial charge in [0.1, 0.15) is 5.78 Å². The van der Waals surface area contributed by atoms with Crippen molar-refractivity contribution in [1.29, 1.82) is 0 Å². The van der Waals surface area contributed by atoms with Gasteiger partial charge in [-0.05, 0) is 13.3 Å². The second kappa shape index (κ2) is 7.79. The molecule has 63 valence electrons. The van der Waals surface area contributed by atoms with Crippen molar-refractivity contribution in [3.8, 4) is 0 Å². The van der Waals surface area contributed by atoms with Crippen LogP contribution in [0.2, 0.25) is 0 Å². The second-order valence-electron chi connectivity index (χ2n) is 2.30. The quantitative estimate of drug-likeness (QED) is 0.548. The molecule has 2 unspecified atom stereocenters. The van der Waals surface area contributed by atoms with E-state index in [1.54, 1.807) is 6.92 Å². The Morgan fingerprint density at radius 1 is 1.73 bits per heavy atom. The Morgan fingerprint density at radius 3 is 2.45 bits per heavy atom. The summed E-state index contributed by atoms with van der Waals surface area (Å²) in [6.07, 6.45) is 0.499. The Kier molecular flexibility index (Phi) is 10.4. The predicted molar refractivity (Wildman–Crippen MR) is 46.2 cm³/mol. The molecule has 0 aliphatic rings. The van der Waals surface area contributed by atoms with Gasteiger partial charge in [-0.2, -0.15) is 0 Å². The molecule has 0 fully saturated rings. The van der Waals surface area contributed by atoms with Crippen LogP contribution >= 0.6 is 9.39 Å². The monoisotopic (exact) mass is 248 g/mol. The van der Waals surface area contributed by atoms with Gasteiger partial charge in [0.2, 0.25) is 0 Å². The molecule has 0 aliphatic carbocycles. The summed E-state index contributed by atoms with van der Waals surface area (Å²) in [7, 11) is 2.50. The molecular formula is C7H14NOPY-2. The Morgan fingerprint density at radius 2 is 2.18 bits per heavy atom. The van der Waals surface area contributed by atoms with Crippen LogP contribution in [0.4, 0.5) is 0 Å². The zero-order valence-electron chi connectivity index (χ0n) is 6.92. The molecule has 0 saturated carbocycles. The molecule has 0 N–H and O–H groups in total. The van der Waals surface area contributed by atoms with E-state index in [0.29, 0.717) is 13.0 Å². The molecule has 4 heteroatoms. The SMILES string of the molecule is [CH2-]CN(P)C([CH2-])CC(C)=O.[Y]. The van der Waals surface area contributed by atoms with Crippen molar-refractivity contribution in [3.63, 3.8) is 0 Å². The van der Waals surface area contributed by atoms with Crippen molar-refractivity contribution < 1.29 is 37.5 Å². The normalized spacial score (nSPS) is 12.5. The molecule has 0 heterocycles. The molecule has 2 atom stereocenters. The number of nitrogens with zero attached hydrogens (tertiary/aromatic N) is 1. The van der Waals surface area contributed by atoms with Crippen LogP contribution in [0.1, 0.15) is 13.3 Å². The standard InChI is InChI=1S/C7H14NOP.Y/c1-4-8(10)6(2)5-7(3)9;/h6H,1-2,4-5,10H2,3H3;/q-2;. The van der Waals surface area contributed by atoms with Crippen molar-refractivity contribution in [2.75, 3.05) is 6.54 Å². The number of hydrogen-bond donors (Lipinski definition) is 0. The smallest absolute Gasteiger partial charge is 0.128 e. The summed E-state index contributed by atoms with van der Waals surface area (Å²) in [6.45, 7) is 9.69. The van der Waals surface area contributed by atoms with Gasteiger partial charge in [-0.1, -0.05) is 9.39 Å². The van der Waals surface area contributed by atoms with Gasteiger partial charge in [-0.15, -0.1) is 12.6 Å². The van der Waals surface area contributed by atoms with Crippen LogP contribution in [0.5, 0.6) is 0 Å². The Hall–Kier alpha value is 1.16. The maximum atomic E-state index is 10.6. The first-order chi connectivity index (χ1) is 4.57. The third kappa shape index (κ3) is 7.52. The van der Waals surface area contributed by atoms with Gasteiger partial charge in [-0.3, -0.25) is 0 Å². The Labute approximate surface area is 96.6 Å². The number of carbonyl (C=O) groups excluding carboxylic acids is 1.